The Morgan fingerprint density at radius 3 is 2.67 bits per heavy atom. The first kappa shape index (κ1) is 13.3. The Kier molecular flexibility index (Phi) is 4.87. The highest BCUT2D eigenvalue weighted by atomic mass is 35.5. The standard InChI is InChI=1S/C10H20ClNO2S/c1-9(2)6-10-4-3-5-12(7-10)15(13,14)8-11/h9-10H,3-8H2,1-2H3. The van der Waals surface area contributed by atoms with Crippen LogP contribution in [0.3, 0.4) is 0 Å². The van der Waals surface area contributed by atoms with Gasteiger partial charge in [0.05, 0.1) is 0 Å². The summed E-state index contributed by atoms with van der Waals surface area (Å²) in [6.45, 7) is 5.65. The molecule has 0 aromatic rings. The summed E-state index contributed by atoms with van der Waals surface area (Å²) in [5, 5.41) is -0.290. The molecule has 1 saturated heterocycles. The summed E-state index contributed by atoms with van der Waals surface area (Å²) in [7, 11) is -3.19. The zero-order valence-electron chi connectivity index (χ0n) is 9.45. The van der Waals surface area contributed by atoms with Crippen LogP contribution in [0.5, 0.6) is 0 Å². The lowest BCUT2D eigenvalue weighted by Gasteiger charge is -2.32. The van der Waals surface area contributed by atoms with E-state index in [9.17, 15) is 8.42 Å². The fourth-order valence-electron chi connectivity index (χ4n) is 2.21. The number of sulfonamides is 1. The molecular weight excluding hydrogens is 234 g/mol. The molecule has 0 saturated carbocycles. The second-order valence-electron chi connectivity index (χ2n) is 4.72. The first-order valence-corrected chi connectivity index (χ1v) is 7.64. The SMILES string of the molecule is CC(C)CC1CCCN(S(=O)(=O)CCl)C1. The maximum atomic E-state index is 11.6. The van der Waals surface area contributed by atoms with Crippen LogP contribution < -0.4 is 0 Å². The quantitative estimate of drug-likeness (QED) is 0.721. The highest BCUT2D eigenvalue weighted by Gasteiger charge is 2.28. The average molecular weight is 254 g/mol. The van der Waals surface area contributed by atoms with E-state index in [1.54, 1.807) is 4.31 Å². The minimum absolute atomic E-state index is 0.290. The maximum absolute atomic E-state index is 11.6. The molecule has 1 fully saturated rings. The van der Waals surface area contributed by atoms with Crippen LogP contribution in [0, 0.1) is 11.8 Å². The first-order chi connectivity index (χ1) is 6.95. The van der Waals surface area contributed by atoms with E-state index >= 15 is 0 Å². The van der Waals surface area contributed by atoms with Gasteiger partial charge in [-0.15, -0.1) is 11.6 Å². The van der Waals surface area contributed by atoms with Crippen LogP contribution in [0.4, 0.5) is 0 Å². The summed E-state index contributed by atoms with van der Waals surface area (Å²) in [4.78, 5) is 0. The minimum atomic E-state index is -3.19. The van der Waals surface area contributed by atoms with Gasteiger partial charge in [-0.3, -0.25) is 0 Å². The second-order valence-corrected chi connectivity index (χ2v) is 7.27. The minimum Gasteiger partial charge on any atom is -0.211 e. The van der Waals surface area contributed by atoms with Crippen LogP contribution in [0.15, 0.2) is 0 Å². The maximum Gasteiger partial charge on any atom is 0.228 e. The second kappa shape index (κ2) is 5.51. The van der Waals surface area contributed by atoms with Crippen molar-refractivity contribution in [1.29, 1.82) is 0 Å². The van der Waals surface area contributed by atoms with E-state index in [-0.39, 0.29) is 5.21 Å². The van der Waals surface area contributed by atoms with Crippen LogP contribution in [0.2, 0.25) is 0 Å². The van der Waals surface area contributed by atoms with E-state index in [0.29, 0.717) is 24.9 Å². The van der Waals surface area contributed by atoms with Gasteiger partial charge in [-0.1, -0.05) is 13.8 Å². The number of alkyl halides is 1. The molecule has 90 valence electrons. The largest absolute Gasteiger partial charge is 0.228 e. The number of piperidine rings is 1. The normalized spacial score (nSPS) is 24.7. The summed E-state index contributed by atoms with van der Waals surface area (Å²) >= 11 is 5.45. The highest BCUT2D eigenvalue weighted by Crippen LogP contribution is 2.25. The van der Waals surface area contributed by atoms with Crippen LogP contribution >= 0.6 is 11.6 Å². The van der Waals surface area contributed by atoms with Crippen molar-refractivity contribution in [1.82, 2.24) is 4.31 Å². The van der Waals surface area contributed by atoms with Crippen molar-refractivity contribution in [3.8, 4) is 0 Å². The lowest BCUT2D eigenvalue weighted by atomic mass is 9.91. The van der Waals surface area contributed by atoms with E-state index in [4.69, 9.17) is 11.6 Å². The molecule has 0 aromatic carbocycles. The molecule has 0 amide bonds. The smallest absolute Gasteiger partial charge is 0.211 e. The van der Waals surface area contributed by atoms with Gasteiger partial charge in [0.1, 0.15) is 5.21 Å². The van der Waals surface area contributed by atoms with E-state index in [2.05, 4.69) is 13.8 Å². The molecule has 0 aliphatic carbocycles. The fraction of sp³-hybridized carbons (Fsp3) is 1.00. The Hall–Kier alpha value is 0.200. The number of hydrogen-bond acceptors (Lipinski definition) is 2. The Morgan fingerprint density at radius 1 is 1.47 bits per heavy atom. The predicted molar refractivity (Wildman–Crippen MR) is 63.4 cm³/mol. The molecule has 3 nitrogen and oxygen atoms in total. The summed E-state index contributed by atoms with van der Waals surface area (Å²) in [5.74, 6) is 1.14. The highest BCUT2D eigenvalue weighted by molar-refractivity contribution is 7.90. The molecular formula is C10H20ClNO2S. The summed E-state index contributed by atoms with van der Waals surface area (Å²) in [6.07, 6.45) is 3.22. The third-order valence-corrected chi connectivity index (χ3v) is 5.04. The fourth-order valence-corrected chi connectivity index (χ4v) is 3.60. The number of rotatable bonds is 4. The summed E-state index contributed by atoms with van der Waals surface area (Å²) in [6, 6.07) is 0. The van der Waals surface area contributed by atoms with Gasteiger partial charge in [0, 0.05) is 13.1 Å². The van der Waals surface area contributed by atoms with Crippen LogP contribution in [-0.2, 0) is 10.0 Å². The van der Waals surface area contributed by atoms with Gasteiger partial charge in [-0.05, 0) is 31.1 Å². The molecule has 1 aliphatic heterocycles. The number of halogens is 1. The molecule has 0 N–H and O–H groups in total. The molecule has 1 rings (SSSR count). The molecule has 15 heavy (non-hydrogen) atoms. The Morgan fingerprint density at radius 2 is 2.13 bits per heavy atom. The van der Waals surface area contributed by atoms with Crippen LogP contribution in [0.1, 0.15) is 33.1 Å². The Bertz CT molecular complexity index is 290. The molecule has 5 heteroatoms. The van der Waals surface area contributed by atoms with Crippen LogP contribution in [0.25, 0.3) is 0 Å². The average Bonchev–Trinajstić information content (AvgIpc) is 2.17. The Labute approximate surface area is 97.8 Å². The van der Waals surface area contributed by atoms with Gasteiger partial charge in [0.15, 0.2) is 0 Å². The van der Waals surface area contributed by atoms with E-state index in [1.165, 1.54) is 0 Å². The third kappa shape index (κ3) is 3.93. The van der Waals surface area contributed by atoms with Crippen LogP contribution in [-0.4, -0.2) is 31.0 Å². The van der Waals surface area contributed by atoms with Crippen molar-refractivity contribution in [3.63, 3.8) is 0 Å². The van der Waals surface area contributed by atoms with Gasteiger partial charge in [0.25, 0.3) is 0 Å². The van der Waals surface area contributed by atoms with Gasteiger partial charge in [0.2, 0.25) is 10.0 Å². The van der Waals surface area contributed by atoms with Crippen molar-refractivity contribution in [2.45, 2.75) is 33.1 Å². The topological polar surface area (TPSA) is 37.4 Å². The molecule has 1 heterocycles. The predicted octanol–water partition coefficient (Wildman–Crippen LogP) is 2.27. The monoisotopic (exact) mass is 253 g/mol. The zero-order chi connectivity index (χ0) is 11.5. The van der Waals surface area contributed by atoms with E-state index in [0.717, 1.165) is 19.3 Å². The van der Waals surface area contributed by atoms with Crippen molar-refractivity contribution < 1.29 is 8.42 Å². The summed E-state index contributed by atoms with van der Waals surface area (Å²) in [5.41, 5.74) is 0. The lowest BCUT2D eigenvalue weighted by molar-refractivity contribution is 0.239. The molecule has 0 aromatic heterocycles. The Balaban J connectivity index is 2.56. The summed E-state index contributed by atoms with van der Waals surface area (Å²) < 4.78 is 24.7. The number of hydrogen-bond donors (Lipinski definition) is 0. The molecule has 0 radical (unpaired) electrons. The van der Waals surface area contributed by atoms with Crippen molar-refractivity contribution in [2.24, 2.45) is 11.8 Å². The zero-order valence-corrected chi connectivity index (χ0v) is 11.0. The first-order valence-electron chi connectivity index (χ1n) is 5.49. The molecule has 0 spiro atoms. The molecule has 1 atom stereocenters. The van der Waals surface area contributed by atoms with E-state index in [1.807, 2.05) is 0 Å². The number of nitrogens with zero attached hydrogens (tertiary/aromatic N) is 1. The van der Waals surface area contributed by atoms with Crippen molar-refractivity contribution in [2.75, 3.05) is 18.3 Å². The molecule has 0 bridgehead atoms. The molecule has 1 aliphatic rings. The van der Waals surface area contributed by atoms with Crippen molar-refractivity contribution >= 4 is 21.6 Å². The van der Waals surface area contributed by atoms with Gasteiger partial charge in [-0.2, -0.15) is 0 Å². The van der Waals surface area contributed by atoms with Gasteiger partial charge < -0.3 is 0 Å². The van der Waals surface area contributed by atoms with Gasteiger partial charge >= 0.3 is 0 Å². The van der Waals surface area contributed by atoms with E-state index < -0.39 is 10.0 Å². The third-order valence-electron chi connectivity index (χ3n) is 2.82. The van der Waals surface area contributed by atoms with Crippen molar-refractivity contribution in [3.05, 3.63) is 0 Å². The van der Waals surface area contributed by atoms with Gasteiger partial charge in [-0.25, -0.2) is 12.7 Å². The lowest BCUT2D eigenvalue weighted by Crippen LogP contribution is -2.40. The molecule has 1 unspecified atom stereocenters.